The summed E-state index contributed by atoms with van der Waals surface area (Å²) >= 11 is 4.30. The number of hydrogen-bond donors (Lipinski definition) is 2. The van der Waals surface area contributed by atoms with Gasteiger partial charge in [0, 0.05) is 18.1 Å². The Morgan fingerprint density at radius 1 is 1.14 bits per heavy atom. The number of H-pyrrole nitrogens is 1. The minimum Gasteiger partial charge on any atom is -0.310 e. The highest BCUT2D eigenvalue weighted by atomic mass is 79.9. The van der Waals surface area contributed by atoms with Gasteiger partial charge in [-0.3, -0.25) is 9.59 Å². The molecule has 0 aliphatic carbocycles. The Bertz CT molecular complexity index is 1170. The predicted molar refractivity (Wildman–Crippen MR) is 110 cm³/mol. The number of halogens is 3. The zero-order valence-electron chi connectivity index (χ0n) is 14.8. The number of aromatic amines is 1. The normalized spacial score (nSPS) is 15.7. The number of thioether (sulfide) groups is 1. The van der Waals surface area contributed by atoms with E-state index >= 15 is 0 Å². The van der Waals surface area contributed by atoms with Crippen LogP contribution in [0, 0.1) is 11.6 Å². The fourth-order valence-electron chi connectivity index (χ4n) is 3.19. The summed E-state index contributed by atoms with van der Waals surface area (Å²) in [6.45, 7) is 0. The Balaban J connectivity index is 1.67. The van der Waals surface area contributed by atoms with Crippen molar-refractivity contribution in [3.63, 3.8) is 0 Å². The monoisotopic (exact) mass is 477 g/mol. The number of amides is 1. The number of fused-ring (bicyclic) bond motifs is 1. The Labute approximate surface area is 177 Å². The van der Waals surface area contributed by atoms with E-state index in [1.54, 1.807) is 30.3 Å². The SMILES string of the molecule is O=C1C[C@H](c2ccc(F)c(Br)c2)c2c(nc(SCc3ccccc3F)[nH]c2=O)N1. The Hall–Kier alpha value is -2.52. The van der Waals surface area contributed by atoms with Crippen LogP contribution in [0.25, 0.3) is 0 Å². The van der Waals surface area contributed by atoms with E-state index in [4.69, 9.17) is 0 Å². The zero-order valence-corrected chi connectivity index (χ0v) is 17.2. The lowest BCUT2D eigenvalue weighted by Crippen LogP contribution is -2.31. The second kappa shape index (κ2) is 8.08. The third-order valence-electron chi connectivity index (χ3n) is 4.60. The molecule has 1 aliphatic rings. The van der Waals surface area contributed by atoms with Gasteiger partial charge in [0.25, 0.3) is 5.56 Å². The lowest BCUT2D eigenvalue weighted by Gasteiger charge is -2.24. The van der Waals surface area contributed by atoms with Crippen LogP contribution in [0.1, 0.15) is 29.0 Å². The highest BCUT2D eigenvalue weighted by molar-refractivity contribution is 9.10. The van der Waals surface area contributed by atoms with Crippen molar-refractivity contribution in [1.29, 1.82) is 0 Å². The first-order valence-electron chi connectivity index (χ1n) is 8.67. The number of nitrogens with zero attached hydrogens (tertiary/aromatic N) is 1. The minimum atomic E-state index is -0.544. The average Bonchev–Trinajstić information content (AvgIpc) is 2.68. The van der Waals surface area contributed by atoms with E-state index in [-0.39, 0.29) is 39.3 Å². The summed E-state index contributed by atoms with van der Waals surface area (Å²) in [5.41, 5.74) is 1.04. The van der Waals surface area contributed by atoms with Gasteiger partial charge in [0.2, 0.25) is 5.91 Å². The Morgan fingerprint density at radius 3 is 2.69 bits per heavy atom. The number of aromatic nitrogens is 2. The Kier molecular flexibility index (Phi) is 5.51. The van der Waals surface area contributed by atoms with E-state index < -0.39 is 17.3 Å². The lowest BCUT2D eigenvalue weighted by atomic mass is 9.87. The highest BCUT2D eigenvalue weighted by Gasteiger charge is 2.31. The molecule has 1 aliphatic heterocycles. The van der Waals surface area contributed by atoms with Gasteiger partial charge in [-0.2, -0.15) is 0 Å². The van der Waals surface area contributed by atoms with Crippen molar-refractivity contribution in [2.24, 2.45) is 0 Å². The molecule has 3 aromatic rings. The van der Waals surface area contributed by atoms with E-state index in [2.05, 4.69) is 31.2 Å². The summed E-state index contributed by atoms with van der Waals surface area (Å²) in [5.74, 6) is -1.15. The maximum atomic E-state index is 13.8. The minimum absolute atomic E-state index is 0.0531. The van der Waals surface area contributed by atoms with Crippen molar-refractivity contribution >= 4 is 39.4 Å². The molecule has 2 N–H and O–H groups in total. The van der Waals surface area contributed by atoms with Crippen LogP contribution in [-0.2, 0) is 10.5 Å². The second-order valence-electron chi connectivity index (χ2n) is 6.49. The molecule has 9 heteroatoms. The number of nitrogens with one attached hydrogen (secondary N) is 2. The third-order valence-corrected chi connectivity index (χ3v) is 6.13. The van der Waals surface area contributed by atoms with Crippen LogP contribution in [0.2, 0.25) is 0 Å². The molecule has 1 amide bonds. The largest absolute Gasteiger partial charge is 0.310 e. The summed E-state index contributed by atoms with van der Waals surface area (Å²) in [4.78, 5) is 32.0. The molecule has 2 heterocycles. The van der Waals surface area contributed by atoms with Gasteiger partial charge >= 0.3 is 0 Å². The first-order chi connectivity index (χ1) is 13.9. The van der Waals surface area contributed by atoms with E-state index in [1.165, 1.54) is 12.1 Å². The van der Waals surface area contributed by atoms with Crippen LogP contribution in [0.4, 0.5) is 14.6 Å². The van der Waals surface area contributed by atoms with Crippen LogP contribution in [0.3, 0.4) is 0 Å². The summed E-state index contributed by atoms with van der Waals surface area (Å²) in [5, 5.41) is 2.91. The van der Waals surface area contributed by atoms with Gasteiger partial charge in [-0.15, -0.1) is 0 Å². The fraction of sp³-hybridized carbons (Fsp3) is 0.150. The number of anilines is 1. The molecule has 0 saturated carbocycles. The van der Waals surface area contributed by atoms with Crippen molar-refractivity contribution in [1.82, 2.24) is 9.97 Å². The molecular formula is C20H14BrF2N3O2S. The molecule has 148 valence electrons. The van der Waals surface area contributed by atoms with Crippen molar-refractivity contribution < 1.29 is 13.6 Å². The highest BCUT2D eigenvalue weighted by Crippen LogP contribution is 2.36. The van der Waals surface area contributed by atoms with Gasteiger partial charge in [0.1, 0.15) is 17.5 Å². The van der Waals surface area contributed by atoms with E-state index in [1.807, 2.05) is 0 Å². The number of benzene rings is 2. The van der Waals surface area contributed by atoms with E-state index in [0.29, 0.717) is 16.7 Å². The van der Waals surface area contributed by atoms with Crippen LogP contribution in [-0.4, -0.2) is 15.9 Å². The van der Waals surface area contributed by atoms with Gasteiger partial charge in [0.05, 0.1) is 10.0 Å². The van der Waals surface area contributed by atoms with Gasteiger partial charge in [0.15, 0.2) is 5.16 Å². The first-order valence-corrected chi connectivity index (χ1v) is 10.5. The molecule has 1 aromatic heterocycles. The van der Waals surface area contributed by atoms with E-state index in [9.17, 15) is 18.4 Å². The third kappa shape index (κ3) is 4.11. The number of carbonyl (C=O) groups excluding carboxylic acids is 1. The topological polar surface area (TPSA) is 74.8 Å². The lowest BCUT2D eigenvalue weighted by molar-refractivity contribution is -0.116. The van der Waals surface area contributed by atoms with Gasteiger partial charge in [-0.05, 0) is 45.3 Å². The zero-order chi connectivity index (χ0) is 20.5. The summed E-state index contributed by atoms with van der Waals surface area (Å²) in [6.07, 6.45) is 0.0531. The van der Waals surface area contributed by atoms with Gasteiger partial charge in [-0.1, -0.05) is 36.0 Å². The van der Waals surface area contributed by atoms with Crippen molar-refractivity contribution in [3.05, 3.63) is 85.6 Å². The molecule has 2 aromatic carbocycles. The standard InChI is InChI=1S/C20H14BrF2N3O2S/c21-13-7-10(5-6-15(13)23)12-8-16(27)24-18-17(12)19(28)26-20(25-18)29-9-11-3-1-2-4-14(11)22/h1-7,12H,8-9H2,(H2,24,25,26,27,28)/t12-/m1/s1. The van der Waals surface area contributed by atoms with Gasteiger partial charge < -0.3 is 10.3 Å². The van der Waals surface area contributed by atoms with Crippen LogP contribution < -0.4 is 10.9 Å². The van der Waals surface area contributed by atoms with Crippen molar-refractivity contribution in [2.75, 3.05) is 5.32 Å². The molecule has 29 heavy (non-hydrogen) atoms. The van der Waals surface area contributed by atoms with Crippen LogP contribution in [0.5, 0.6) is 0 Å². The molecule has 4 rings (SSSR count). The maximum Gasteiger partial charge on any atom is 0.257 e. The molecule has 0 spiro atoms. The van der Waals surface area contributed by atoms with Crippen LogP contribution >= 0.6 is 27.7 Å². The summed E-state index contributed by atoms with van der Waals surface area (Å²) < 4.78 is 27.6. The quantitative estimate of drug-likeness (QED) is 0.426. The molecule has 0 fully saturated rings. The molecule has 1 atom stereocenters. The summed E-state index contributed by atoms with van der Waals surface area (Å²) in [7, 11) is 0. The van der Waals surface area contributed by atoms with Gasteiger partial charge in [-0.25, -0.2) is 13.8 Å². The number of carbonyl (C=O) groups is 1. The molecule has 0 radical (unpaired) electrons. The summed E-state index contributed by atoms with van der Waals surface area (Å²) in [6, 6.07) is 10.7. The first kappa shape index (κ1) is 19.8. The number of rotatable bonds is 4. The fourth-order valence-corrected chi connectivity index (χ4v) is 4.44. The maximum absolute atomic E-state index is 13.8. The van der Waals surface area contributed by atoms with Crippen molar-refractivity contribution in [3.8, 4) is 0 Å². The predicted octanol–water partition coefficient (Wildman–Crippen LogP) is 4.58. The second-order valence-corrected chi connectivity index (χ2v) is 8.31. The number of hydrogen-bond acceptors (Lipinski definition) is 4. The molecule has 0 unspecified atom stereocenters. The molecular weight excluding hydrogens is 464 g/mol. The molecule has 0 saturated heterocycles. The molecule has 5 nitrogen and oxygen atoms in total. The van der Waals surface area contributed by atoms with Crippen LogP contribution in [0.15, 0.2) is 56.9 Å². The average molecular weight is 478 g/mol. The van der Waals surface area contributed by atoms with E-state index in [0.717, 1.165) is 11.8 Å². The van der Waals surface area contributed by atoms with Crippen molar-refractivity contribution in [2.45, 2.75) is 23.2 Å². The Morgan fingerprint density at radius 2 is 1.93 bits per heavy atom. The smallest absolute Gasteiger partial charge is 0.257 e. The molecule has 0 bridgehead atoms.